The first-order valence-electron chi connectivity index (χ1n) is 6.96. The molecule has 1 heterocycles. The highest BCUT2D eigenvalue weighted by atomic mass is 19.1. The van der Waals surface area contributed by atoms with E-state index in [9.17, 15) is 9.18 Å². The van der Waals surface area contributed by atoms with Crippen molar-refractivity contribution in [3.63, 3.8) is 0 Å². The first-order chi connectivity index (χ1) is 9.58. The Bertz CT molecular complexity index is 496. The molecule has 0 saturated carbocycles. The summed E-state index contributed by atoms with van der Waals surface area (Å²) in [5.41, 5.74) is 2.24. The highest BCUT2D eigenvalue weighted by Crippen LogP contribution is 2.15. The zero-order chi connectivity index (χ0) is 14.5. The molecular formula is C16H21FN2O. The maximum atomic E-state index is 12.9. The van der Waals surface area contributed by atoms with Gasteiger partial charge in [-0.05, 0) is 31.5 Å². The Balaban J connectivity index is 1.87. The first kappa shape index (κ1) is 14.7. The van der Waals surface area contributed by atoms with Crippen LogP contribution in [-0.2, 0) is 11.3 Å². The predicted molar refractivity (Wildman–Crippen MR) is 77.7 cm³/mol. The van der Waals surface area contributed by atoms with Crippen molar-refractivity contribution < 1.29 is 9.18 Å². The van der Waals surface area contributed by atoms with Crippen LogP contribution in [0.5, 0.6) is 0 Å². The highest BCUT2D eigenvalue weighted by Gasteiger charge is 2.28. The van der Waals surface area contributed by atoms with Crippen molar-refractivity contribution in [2.45, 2.75) is 32.9 Å². The third-order valence-corrected chi connectivity index (χ3v) is 3.66. The Labute approximate surface area is 119 Å². The fraction of sp³-hybridized carbons (Fsp3) is 0.438. The number of carbonyl (C=O) groups is 1. The van der Waals surface area contributed by atoms with Crippen molar-refractivity contribution in [1.29, 1.82) is 0 Å². The van der Waals surface area contributed by atoms with Crippen molar-refractivity contribution in [3.05, 3.63) is 47.3 Å². The van der Waals surface area contributed by atoms with Crippen LogP contribution in [0.4, 0.5) is 4.39 Å². The second-order valence-electron chi connectivity index (χ2n) is 5.32. The van der Waals surface area contributed by atoms with Crippen LogP contribution in [0.2, 0.25) is 0 Å². The van der Waals surface area contributed by atoms with Gasteiger partial charge in [0.1, 0.15) is 5.82 Å². The maximum Gasteiger partial charge on any atom is 0.224 e. The lowest BCUT2D eigenvalue weighted by Gasteiger charge is -2.17. The van der Waals surface area contributed by atoms with Gasteiger partial charge in [-0.2, -0.15) is 0 Å². The molecule has 0 bridgehead atoms. The summed E-state index contributed by atoms with van der Waals surface area (Å²) in [6.45, 7) is 6.17. The highest BCUT2D eigenvalue weighted by molar-refractivity contribution is 5.79. The second-order valence-corrected chi connectivity index (χ2v) is 5.32. The number of allylic oxidation sites excluding steroid dienone is 1. The van der Waals surface area contributed by atoms with Gasteiger partial charge in [-0.1, -0.05) is 23.8 Å². The molecule has 4 heteroatoms. The number of hydrogen-bond acceptors (Lipinski definition) is 2. The van der Waals surface area contributed by atoms with Gasteiger partial charge in [0.05, 0.1) is 0 Å². The molecule has 0 radical (unpaired) electrons. The van der Waals surface area contributed by atoms with E-state index in [0.717, 1.165) is 12.1 Å². The summed E-state index contributed by atoms with van der Waals surface area (Å²) in [6.07, 6.45) is 2.61. The number of hydrogen-bond donors (Lipinski definition) is 1. The molecule has 0 spiro atoms. The summed E-state index contributed by atoms with van der Waals surface area (Å²) in [6, 6.07) is 6.53. The fourth-order valence-electron chi connectivity index (χ4n) is 2.28. The fourth-order valence-corrected chi connectivity index (χ4v) is 2.28. The number of amides is 1. The second kappa shape index (κ2) is 6.66. The molecule has 1 aromatic carbocycles. The number of nitrogens with zero attached hydrogens (tertiary/aromatic N) is 1. The van der Waals surface area contributed by atoms with Gasteiger partial charge in [0, 0.05) is 32.1 Å². The quantitative estimate of drug-likeness (QED) is 0.838. The Morgan fingerprint density at radius 3 is 2.80 bits per heavy atom. The summed E-state index contributed by atoms with van der Waals surface area (Å²) in [5.74, 6) is -0.0900. The average molecular weight is 276 g/mol. The zero-order valence-electron chi connectivity index (χ0n) is 12.0. The monoisotopic (exact) mass is 276 g/mol. The molecule has 20 heavy (non-hydrogen) atoms. The number of likely N-dealkylation sites (tertiary alicyclic amines) is 1. The number of nitrogens with one attached hydrogen (secondary N) is 1. The standard InChI is InChI=1S/C16H21FN2O/c1-3-12(2)9-18-15-8-16(20)19(11-15)10-13-4-6-14(17)7-5-13/h3-7,15,18H,8-11H2,1-2H3/b12-3+. The van der Waals surface area contributed by atoms with Crippen LogP contribution in [0.15, 0.2) is 35.9 Å². The predicted octanol–water partition coefficient (Wildman–Crippen LogP) is 2.48. The van der Waals surface area contributed by atoms with Crippen molar-refractivity contribution >= 4 is 5.91 Å². The molecule has 1 aliphatic rings. The van der Waals surface area contributed by atoms with Crippen molar-refractivity contribution in [2.24, 2.45) is 0 Å². The van der Waals surface area contributed by atoms with Crippen LogP contribution >= 0.6 is 0 Å². The van der Waals surface area contributed by atoms with Crippen molar-refractivity contribution in [2.75, 3.05) is 13.1 Å². The van der Waals surface area contributed by atoms with E-state index in [-0.39, 0.29) is 17.8 Å². The van der Waals surface area contributed by atoms with Crippen LogP contribution in [0.25, 0.3) is 0 Å². The van der Waals surface area contributed by atoms with Gasteiger partial charge >= 0.3 is 0 Å². The van der Waals surface area contributed by atoms with Crippen molar-refractivity contribution in [3.8, 4) is 0 Å². The molecule has 1 unspecified atom stereocenters. The van der Waals surface area contributed by atoms with Crippen LogP contribution in [0.1, 0.15) is 25.8 Å². The molecule has 1 N–H and O–H groups in total. The number of rotatable bonds is 5. The minimum atomic E-state index is -0.247. The molecule has 1 aromatic rings. The van der Waals surface area contributed by atoms with Crippen molar-refractivity contribution in [1.82, 2.24) is 10.2 Å². The molecule has 2 rings (SSSR count). The summed E-state index contributed by atoms with van der Waals surface area (Å²) < 4.78 is 12.9. The summed E-state index contributed by atoms with van der Waals surface area (Å²) in [7, 11) is 0. The van der Waals surface area contributed by atoms with Crippen LogP contribution in [-0.4, -0.2) is 29.9 Å². The van der Waals surface area contributed by atoms with Crippen LogP contribution < -0.4 is 5.32 Å². The molecular weight excluding hydrogens is 255 g/mol. The maximum absolute atomic E-state index is 12.9. The molecule has 1 amide bonds. The topological polar surface area (TPSA) is 32.3 Å². The molecule has 1 aliphatic heterocycles. The van der Waals surface area contributed by atoms with Gasteiger partial charge in [-0.15, -0.1) is 0 Å². The van der Waals surface area contributed by atoms with E-state index in [1.165, 1.54) is 17.7 Å². The summed E-state index contributed by atoms with van der Waals surface area (Å²) in [5, 5.41) is 3.40. The average Bonchev–Trinajstić information content (AvgIpc) is 2.79. The Hall–Kier alpha value is -1.68. The molecule has 108 valence electrons. The summed E-state index contributed by atoms with van der Waals surface area (Å²) in [4.78, 5) is 13.8. The third-order valence-electron chi connectivity index (χ3n) is 3.66. The Morgan fingerprint density at radius 1 is 1.45 bits per heavy atom. The van der Waals surface area contributed by atoms with E-state index < -0.39 is 0 Å². The Kier molecular flexibility index (Phi) is 4.90. The van der Waals surface area contributed by atoms with Gasteiger partial charge in [0.25, 0.3) is 0 Å². The van der Waals surface area contributed by atoms with Crippen LogP contribution in [0, 0.1) is 5.82 Å². The van der Waals surface area contributed by atoms with Crippen LogP contribution in [0.3, 0.4) is 0 Å². The number of halogens is 1. The van der Waals surface area contributed by atoms with E-state index >= 15 is 0 Å². The van der Waals surface area contributed by atoms with Gasteiger partial charge in [-0.25, -0.2) is 4.39 Å². The molecule has 1 saturated heterocycles. The SMILES string of the molecule is C/C=C(\C)CNC1CC(=O)N(Cc2ccc(F)cc2)C1. The largest absolute Gasteiger partial charge is 0.337 e. The third kappa shape index (κ3) is 3.90. The minimum Gasteiger partial charge on any atom is -0.337 e. The van der Waals surface area contributed by atoms with Gasteiger partial charge < -0.3 is 10.2 Å². The normalized spacial score (nSPS) is 19.8. The number of carbonyl (C=O) groups excluding carboxylic acids is 1. The first-order valence-corrected chi connectivity index (χ1v) is 6.96. The molecule has 1 atom stereocenters. The lowest BCUT2D eigenvalue weighted by atomic mass is 10.2. The molecule has 0 aliphatic carbocycles. The van der Waals surface area contributed by atoms with E-state index in [1.807, 2.05) is 11.8 Å². The van der Waals surface area contributed by atoms with E-state index in [2.05, 4.69) is 18.3 Å². The molecule has 0 aromatic heterocycles. The molecule has 3 nitrogen and oxygen atoms in total. The van der Waals surface area contributed by atoms with E-state index in [1.54, 1.807) is 12.1 Å². The smallest absolute Gasteiger partial charge is 0.224 e. The Morgan fingerprint density at radius 2 is 2.15 bits per heavy atom. The van der Waals surface area contributed by atoms with Gasteiger partial charge in [-0.3, -0.25) is 4.79 Å². The lowest BCUT2D eigenvalue weighted by molar-refractivity contribution is -0.128. The zero-order valence-corrected chi connectivity index (χ0v) is 12.0. The van der Waals surface area contributed by atoms with Gasteiger partial charge in [0.2, 0.25) is 5.91 Å². The van der Waals surface area contributed by atoms with E-state index in [4.69, 9.17) is 0 Å². The summed E-state index contributed by atoms with van der Waals surface area (Å²) >= 11 is 0. The lowest BCUT2D eigenvalue weighted by Crippen LogP contribution is -2.33. The van der Waals surface area contributed by atoms with E-state index in [0.29, 0.717) is 19.5 Å². The minimum absolute atomic E-state index is 0.157. The molecule has 1 fully saturated rings. The van der Waals surface area contributed by atoms with Gasteiger partial charge in [0.15, 0.2) is 0 Å². The number of benzene rings is 1.